The topological polar surface area (TPSA) is 74.7 Å². The molecule has 1 fully saturated rings. The van der Waals surface area contributed by atoms with Gasteiger partial charge in [-0.1, -0.05) is 47.4 Å². The molecule has 4 rings (SSSR count). The summed E-state index contributed by atoms with van der Waals surface area (Å²) in [6.45, 7) is 3.97. The zero-order valence-electron chi connectivity index (χ0n) is 16.3. The van der Waals surface area contributed by atoms with E-state index in [1.54, 1.807) is 7.05 Å². The van der Waals surface area contributed by atoms with Gasteiger partial charge in [0, 0.05) is 19.2 Å². The summed E-state index contributed by atoms with van der Waals surface area (Å²) in [6, 6.07) is 13.6. The van der Waals surface area contributed by atoms with Crippen LogP contribution in [0, 0.1) is 13.8 Å². The van der Waals surface area contributed by atoms with Gasteiger partial charge < -0.3 is 5.32 Å². The predicted octanol–water partition coefficient (Wildman–Crippen LogP) is 4.50. The van der Waals surface area contributed by atoms with Gasteiger partial charge in [0.15, 0.2) is 5.17 Å². The van der Waals surface area contributed by atoms with Crippen molar-refractivity contribution in [3.05, 3.63) is 53.6 Å². The molecule has 29 heavy (non-hydrogen) atoms. The summed E-state index contributed by atoms with van der Waals surface area (Å²) in [6.07, 6.45) is 0.0973. The first-order valence-corrected chi connectivity index (χ1v) is 10.9. The molecule has 3 aromatic rings. The fraction of sp³-hybridized carbons (Fsp3) is 0.238. The van der Waals surface area contributed by atoms with Crippen molar-refractivity contribution in [1.29, 1.82) is 0 Å². The van der Waals surface area contributed by atoms with E-state index in [1.807, 2.05) is 56.3 Å². The lowest BCUT2D eigenvalue weighted by Gasteiger charge is -2.12. The highest BCUT2D eigenvalue weighted by molar-refractivity contribution is 8.15. The molecule has 0 bridgehead atoms. The van der Waals surface area contributed by atoms with Gasteiger partial charge in [-0.05, 0) is 43.2 Å². The van der Waals surface area contributed by atoms with Crippen LogP contribution in [0.15, 0.2) is 47.5 Å². The van der Waals surface area contributed by atoms with E-state index in [2.05, 4.69) is 15.3 Å². The van der Waals surface area contributed by atoms with Crippen LogP contribution in [0.2, 0.25) is 0 Å². The minimum absolute atomic E-state index is 0.0973. The number of thioether (sulfide) groups is 1. The molecule has 0 aliphatic carbocycles. The van der Waals surface area contributed by atoms with Crippen molar-refractivity contribution in [3.63, 3.8) is 0 Å². The average molecular weight is 425 g/mol. The zero-order chi connectivity index (χ0) is 20.5. The van der Waals surface area contributed by atoms with Crippen LogP contribution in [-0.4, -0.2) is 39.2 Å². The molecule has 0 unspecified atom stereocenters. The number of carbonyl (C=O) groups excluding carboxylic acids is 2. The first-order chi connectivity index (χ1) is 13.9. The molecule has 2 aromatic carbocycles. The Kier molecular flexibility index (Phi) is 5.38. The van der Waals surface area contributed by atoms with Crippen molar-refractivity contribution in [2.45, 2.75) is 25.5 Å². The summed E-state index contributed by atoms with van der Waals surface area (Å²) in [5.41, 5.74) is 3.81. The van der Waals surface area contributed by atoms with E-state index in [1.165, 1.54) is 28.0 Å². The Balaban J connectivity index is 1.47. The van der Waals surface area contributed by atoms with Crippen LogP contribution in [0.3, 0.4) is 0 Å². The summed E-state index contributed by atoms with van der Waals surface area (Å²) in [4.78, 5) is 35.7. The standard InChI is InChI=1S/C21H20N4O2S2/c1-12-7-6-9-14(13(12)2)22-18(26)11-17-19(27)25(3)21(29-17)24-20-23-15-8-4-5-10-16(15)28-20/h4-10,17H,11H2,1-3H3,(H,22,26)/t17-/m1/s1. The summed E-state index contributed by atoms with van der Waals surface area (Å²) in [7, 11) is 1.68. The Morgan fingerprint density at radius 3 is 2.79 bits per heavy atom. The van der Waals surface area contributed by atoms with Gasteiger partial charge >= 0.3 is 0 Å². The number of rotatable bonds is 4. The van der Waals surface area contributed by atoms with Crippen LogP contribution in [0.1, 0.15) is 17.5 Å². The molecule has 0 radical (unpaired) electrons. The molecule has 148 valence electrons. The Bertz CT molecular complexity index is 1110. The summed E-state index contributed by atoms with van der Waals surface area (Å²) < 4.78 is 1.05. The van der Waals surface area contributed by atoms with Crippen LogP contribution in [0.25, 0.3) is 10.2 Å². The zero-order valence-corrected chi connectivity index (χ0v) is 17.9. The van der Waals surface area contributed by atoms with Crippen molar-refractivity contribution in [1.82, 2.24) is 9.88 Å². The fourth-order valence-corrected chi connectivity index (χ4v) is 5.07. The lowest BCUT2D eigenvalue weighted by molar-refractivity contribution is -0.127. The largest absolute Gasteiger partial charge is 0.326 e. The molecule has 2 amide bonds. The number of para-hydroxylation sites is 1. The van der Waals surface area contributed by atoms with E-state index in [0.29, 0.717) is 10.3 Å². The summed E-state index contributed by atoms with van der Waals surface area (Å²) in [5, 5.41) is 3.61. The second-order valence-corrected chi connectivity index (χ2v) is 9.04. The van der Waals surface area contributed by atoms with Crippen molar-refractivity contribution in [2.75, 3.05) is 12.4 Å². The molecule has 1 atom stereocenters. The SMILES string of the molecule is Cc1cccc(NC(=O)C[C@H]2SC(=Nc3nc4ccccc4s3)N(C)C2=O)c1C. The number of aromatic nitrogens is 1. The van der Waals surface area contributed by atoms with Crippen LogP contribution < -0.4 is 5.32 Å². The molecular weight excluding hydrogens is 404 g/mol. The monoisotopic (exact) mass is 424 g/mol. The second kappa shape index (κ2) is 7.96. The maximum atomic E-state index is 12.6. The second-order valence-electron chi connectivity index (χ2n) is 6.86. The van der Waals surface area contributed by atoms with E-state index >= 15 is 0 Å². The number of nitrogens with one attached hydrogen (secondary N) is 1. The van der Waals surface area contributed by atoms with E-state index in [0.717, 1.165) is 27.0 Å². The van der Waals surface area contributed by atoms with Gasteiger partial charge in [0.1, 0.15) is 5.25 Å². The quantitative estimate of drug-likeness (QED) is 0.669. The smallest absolute Gasteiger partial charge is 0.242 e. The number of aryl methyl sites for hydroxylation is 1. The maximum absolute atomic E-state index is 12.6. The van der Waals surface area contributed by atoms with E-state index in [4.69, 9.17) is 0 Å². The fourth-order valence-electron chi connectivity index (χ4n) is 3.04. The minimum Gasteiger partial charge on any atom is -0.326 e. The lowest BCUT2D eigenvalue weighted by atomic mass is 10.1. The number of hydrogen-bond acceptors (Lipinski definition) is 6. The van der Waals surface area contributed by atoms with Gasteiger partial charge in [0.25, 0.3) is 0 Å². The number of hydrogen-bond donors (Lipinski definition) is 1. The highest BCUT2D eigenvalue weighted by Gasteiger charge is 2.37. The lowest BCUT2D eigenvalue weighted by Crippen LogP contribution is -2.30. The molecule has 0 saturated carbocycles. The number of anilines is 1. The van der Waals surface area contributed by atoms with Gasteiger partial charge in [-0.15, -0.1) is 0 Å². The molecule has 1 aliphatic heterocycles. The number of benzene rings is 2. The molecule has 1 aromatic heterocycles. The third-order valence-electron chi connectivity index (χ3n) is 4.86. The van der Waals surface area contributed by atoms with Crippen LogP contribution in [0.4, 0.5) is 10.8 Å². The highest BCUT2D eigenvalue weighted by Crippen LogP contribution is 2.34. The first kappa shape index (κ1) is 19.6. The Morgan fingerprint density at radius 1 is 1.21 bits per heavy atom. The normalized spacial score (nSPS) is 18.0. The van der Waals surface area contributed by atoms with Crippen LogP contribution >= 0.6 is 23.1 Å². The number of thiazole rings is 1. The molecule has 0 spiro atoms. The predicted molar refractivity (Wildman–Crippen MR) is 120 cm³/mol. The van der Waals surface area contributed by atoms with Crippen LogP contribution in [0.5, 0.6) is 0 Å². The van der Waals surface area contributed by atoms with Crippen LogP contribution in [-0.2, 0) is 9.59 Å². The summed E-state index contributed by atoms with van der Waals surface area (Å²) >= 11 is 2.79. The van der Waals surface area contributed by atoms with Crippen molar-refractivity contribution in [3.8, 4) is 0 Å². The number of carbonyl (C=O) groups is 2. The number of aliphatic imine (C=N–C) groups is 1. The van der Waals surface area contributed by atoms with Gasteiger partial charge in [-0.25, -0.2) is 4.98 Å². The molecule has 6 nitrogen and oxygen atoms in total. The van der Waals surface area contributed by atoms with Gasteiger partial charge in [0.05, 0.1) is 10.2 Å². The van der Waals surface area contributed by atoms with Gasteiger partial charge in [-0.3, -0.25) is 14.5 Å². The van der Waals surface area contributed by atoms with E-state index in [9.17, 15) is 9.59 Å². The minimum atomic E-state index is -0.488. The van der Waals surface area contributed by atoms with E-state index in [-0.39, 0.29) is 18.2 Å². The van der Waals surface area contributed by atoms with Gasteiger partial charge in [-0.2, -0.15) is 4.99 Å². The summed E-state index contributed by atoms with van der Waals surface area (Å²) in [5.74, 6) is -0.301. The number of amides is 2. The molecule has 1 saturated heterocycles. The Morgan fingerprint density at radius 2 is 2.00 bits per heavy atom. The molecule has 8 heteroatoms. The number of amidine groups is 1. The molecule has 1 N–H and O–H groups in total. The third-order valence-corrected chi connectivity index (χ3v) is 7.02. The number of nitrogens with zero attached hydrogens (tertiary/aromatic N) is 3. The highest BCUT2D eigenvalue weighted by atomic mass is 32.2. The number of fused-ring (bicyclic) bond motifs is 1. The molecular formula is C21H20N4O2S2. The maximum Gasteiger partial charge on any atom is 0.242 e. The van der Waals surface area contributed by atoms with E-state index < -0.39 is 5.25 Å². The third kappa shape index (κ3) is 4.04. The average Bonchev–Trinajstić information content (AvgIpc) is 3.21. The van der Waals surface area contributed by atoms with Crippen molar-refractivity contribution in [2.24, 2.45) is 4.99 Å². The first-order valence-electron chi connectivity index (χ1n) is 9.17. The Hall–Kier alpha value is -2.71. The Labute approximate surface area is 177 Å². The van der Waals surface area contributed by atoms with Crippen molar-refractivity contribution >= 4 is 61.1 Å². The molecule has 2 heterocycles. The van der Waals surface area contributed by atoms with Crippen molar-refractivity contribution < 1.29 is 9.59 Å². The van der Waals surface area contributed by atoms with Gasteiger partial charge in [0.2, 0.25) is 16.9 Å². The molecule has 1 aliphatic rings.